The molecule has 0 bridgehead atoms. The Morgan fingerprint density at radius 3 is 2.70 bits per heavy atom. The summed E-state index contributed by atoms with van der Waals surface area (Å²) in [5.41, 5.74) is 5.75. The van der Waals surface area contributed by atoms with Gasteiger partial charge in [0.1, 0.15) is 5.65 Å². The summed E-state index contributed by atoms with van der Waals surface area (Å²) < 4.78 is 1.96. The predicted molar refractivity (Wildman–Crippen MR) is 106 cm³/mol. The lowest BCUT2D eigenvalue weighted by Crippen LogP contribution is -2.10. The Hall–Kier alpha value is -3.62. The SMILES string of the molecule is C#Cc1ccc(NC(O)c2ccn3c(C)cc(-c4cccnc4)nc23)cc1. The lowest BCUT2D eigenvalue weighted by molar-refractivity contribution is 0.209. The first-order valence-corrected chi connectivity index (χ1v) is 8.56. The van der Waals surface area contributed by atoms with Crippen molar-refractivity contribution >= 4 is 11.3 Å². The topological polar surface area (TPSA) is 62.5 Å². The van der Waals surface area contributed by atoms with E-state index in [4.69, 9.17) is 11.4 Å². The second-order valence-electron chi connectivity index (χ2n) is 6.26. The maximum Gasteiger partial charge on any atom is 0.154 e. The van der Waals surface area contributed by atoms with Gasteiger partial charge < -0.3 is 14.8 Å². The van der Waals surface area contributed by atoms with Gasteiger partial charge in [-0.3, -0.25) is 4.98 Å². The van der Waals surface area contributed by atoms with E-state index >= 15 is 0 Å². The van der Waals surface area contributed by atoms with Crippen molar-refractivity contribution in [3.63, 3.8) is 0 Å². The molecule has 4 aromatic rings. The molecule has 2 N–H and O–H groups in total. The van der Waals surface area contributed by atoms with E-state index < -0.39 is 6.23 Å². The average molecular weight is 354 g/mol. The van der Waals surface area contributed by atoms with Crippen LogP contribution in [0.25, 0.3) is 16.9 Å². The number of aliphatic hydroxyl groups excluding tert-OH is 1. The van der Waals surface area contributed by atoms with Crippen LogP contribution >= 0.6 is 0 Å². The molecule has 4 rings (SSSR count). The van der Waals surface area contributed by atoms with Crippen LogP contribution < -0.4 is 5.32 Å². The molecule has 0 aliphatic heterocycles. The van der Waals surface area contributed by atoms with E-state index in [0.29, 0.717) is 11.2 Å². The van der Waals surface area contributed by atoms with E-state index in [0.717, 1.165) is 28.2 Å². The fraction of sp³-hybridized carbons (Fsp3) is 0.0909. The number of pyridine rings is 1. The third kappa shape index (κ3) is 3.26. The van der Waals surface area contributed by atoms with E-state index in [-0.39, 0.29) is 0 Å². The number of rotatable bonds is 4. The molecule has 5 heteroatoms. The van der Waals surface area contributed by atoms with Gasteiger partial charge in [0.05, 0.1) is 5.69 Å². The summed E-state index contributed by atoms with van der Waals surface area (Å²) >= 11 is 0. The minimum atomic E-state index is -0.900. The first kappa shape index (κ1) is 16.8. The lowest BCUT2D eigenvalue weighted by atomic mass is 10.2. The highest BCUT2D eigenvalue weighted by Gasteiger charge is 2.16. The van der Waals surface area contributed by atoms with Crippen LogP contribution in [0, 0.1) is 19.3 Å². The van der Waals surface area contributed by atoms with Gasteiger partial charge in [-0.15, -0.1) is 6.42 Å². The van der Waals surface area contributed by atoms with Gasteiger partial charge in [-0.25, -0.2) is 4.98 Å². The Morgan fingerprint density at radius 1 is 1.19 bits per heavy atom. The van der Waals surface area contributed by atoms with Crippen LogP contribution in [-0.2, 0) is 0 Å². The summed E-state index contributed by atoms with van der Waals surface area (Å²) in [6, 6.07) is 15.1. The molecule has 132 valence electrons. The minimum absolute atomic E-state index is 0.699. The molecular formula is C22H18N4O. The summed E-state index contributed by atoms with van der Waals surface area (Å²) in [7, 11) is 0. The van der Waals surface area contributed by atoms with Crippen molar-refractivity contribution < 1.29 is 5.11 Å². The Kier molecular flexibility index (Phi) is 4.33. The zero-order valence-corrected chi connectivity index (χ0v) is 14.8. The van der Waals surface area contributed by atoms with Gasteiger partial charge in [0.25, 0.3) is 0 Å². The highest BCUT2D eigenvalue weighted by molar-refractivity contribution is 5.64. The molecule has 0 fully saturated rings. The van der Waals surface area contributed by atoms with Crippen LogP contribution in [0.5, 0.6) is 0 Å². The number of terminal acetylenes is 1. The van der Waals surface area contributed by atoms with Crippen LogP contribution in [0.15, 0.2) is 67.1 Å². The van der Waals surface area contributed by atoms with Gasteiger partial charge in [0, 0.05) is 46.7 Å². The van der Waals surface area contributed by atoms with E-state index in [1.54, 1.807) is 12.4 Å². The van der Waals surface area contributed by atoms with Crippen molar-refractivity contribution in [1.82, 2.24) is 14.4 Å². The van der Waals surface area contributed by atoms with Crippen molar-refractivity contribution in [3.8, 4) is 23.6 Å². The lowest BCUT2D eigenvalue weighted by Gasteiger charge is -2.14. The van der Waals surface area contributed by atoms with Gasteiger partial charge in [-0.05, 0) is 55.5 Å². The minimum Gasteiger partial charge on any atom is -0.369 e. The van der Waals surface area contributed by atoms with Crippen LogP contribution in [0.3, 0.4) is 0 Å². The van der Waals surface area contributed by atoms with Crippen LogP contribution in [0.4, 0.5) is 5.69 Å². The number of hydrogen-bond acceptors (Lipinski definition) is 4. The number of fused-ring (bicyclic) bond motifs is 1. The number of aromatic nitrogens is 3. The number of nitrogens with one attached hydrogen (secondary N) is 1. The van der Waals surface area contributed by atoms with Crippen molar-refractivity contribution in [2.75, 3.05) is 5.32 Å². The predicted octanol–water partition coefficient (Wildman–Crippen LogP) is 3.79. The molecule has 0 radical (unpaired) electrons. The largest absolute Gasteiger partial charge is 0.369 e. The second-order valence-corrected chi connectivity index (χ2v) is 6.26. The molecule has 27 heavy (non-hydrogen) atoms. The van der Waals surface area contributed by atoms with E-state index in [9.17, 15) is 5.11 Å². The fourth-order valence-corrected chi connectivity index (χ4v) is 3.03. The van der Waals surface area contributed by atoms with E-state index in [2.05, 4.69) is 16.2 Å². The van der Waals surface area contributed by atoms with Gasteiger partial charge in [-0.1, -0.05) is 5.92 Å². The third-order valence-corrected chi connectivity index (χ3v) is 4.45. The van der Waals surface area contributed by atoms with Gasteiger partial charge in [0.2, 0.25) is 0 Å². The first-order chi connectivity index (χ1) is 13.2. The molecule has 0 saturated heterocycles. The highest BCUT2D eigenvalue weighted by Crippen LogP contribution is 2.26. The van der Waals surface area contributed by atoms with E-state index in [1.165, 1.54) is 0 Å². The molecule has 0 amide bonds. The maximum atomic E-state index is 10.7. The molecule has 1 aromatic carbocycles. The average Bonchev–Trinajstić information content (AvgIpc) is 3.14. The summed E-state index contributed by atoms with van der Waals surface area (Å²) in [6.45, 7) is 2.01. The number of nitrogens with zero attached hydrogens (tertiary/aromatic N) is 3. The van der Waals surface area contributed by atoms with Crippen molar-refractivity contribution in [2.24, 2.45) is 0 Å². The molecule has 0 aliphatic rings. The summed E-state index contributed by atoms with van der Waals surface area (Å²) in [5.74, 6) is 2.58. The van der Waals surface area contributed by atoms with Crippen molar-refractivity contribution in [2.45, 2.75) is 13.2 Å². The number of anilines is 1. The highest BCUT2D eigenvalue weighted by atomic mass is 16.3. The van der Waals surface area contributed by atoms with Crippen LogP contribution in [0.2, 0.25) is 0 Å². The molecule has 1 atom stereocenters. The van der Waals surface area contributed by atoms with E-state index in [1.807, 2.05) is 66.1 Å². The normalized spacial score (nSPS) is 11.9. The first-order valence-electron chi connectivity index (χ1n) is 8.56. The molecule has 3 aromatic heterocycles. The zero-order chi connectivity index (χ0) is 18.8. The smallest absolute Gasteiger partial charge is 0.154 e. The molecule has 0 aliphatic carbocycles. The Morgan fingerprint density at radius 2 is 2.00 bits per heavy atom. The zero-order valence-electron chi connectivity index (χ0n) is 14.8. The second kappa shape index (κ2) is 6.94. The third-order valence-electron chi connectivity index (χ3n) is 4.45. The van der Waals surface area contributed by atoms with Gasteiger partial charge >= 0.3 is 0 Å². The Labute approximate surface area is 157 Å². The molecule has 5 nitrogen and oxygen atoms in total. The molecular weight excluding hydrogens is 336 g/mol. The summed E-state index contributed by atoms with van der Waals surface area (Å²) in [5, 5.41) is 13.8. The monoisotopic (exact) mass is 354 g/mol. The summed E-state index contributed by atoms with van der Waals surface area (Å²) in [4.78, 5) is 8.92. The van der Waals surface area contributed by atoms with Gasteiger partial charge in [-0.2, -0.15) is 0 Å². The number of aryl methyl sites for hydroxylation is 1. The van der Waals surface area contributed by atoms with Crippen LogP contribution in [0.1, 0.15) is 23.0 Å². The number of benzene rings is 1. The standard InChI is InChI=1S/C22H18N4O/c1-3-16-6-8-18(9-7-16)24-22(27)19-10-12-26-15(2)13-20(25-21(19)26)17-5-4-11-23-14-17/h1,4-14,22,24,27H,2H3. The maximum absolute atomic E-state index is 10.7. The Balaban J connectivity index is 1.70. The molecule has 3 heterocycles. The van der Waals surface area contributed by atoms with Crippen molar-refractivity contribution in [1.29, 1.82) is 0 Å². The fourth-order valence-electron chi connectivity index (χ4n) is 3.03. The molecule has 1 unspecified atom stereocenters. The number of aliphatic hydroxyl groups is 1. The molecule has 0 spiro atoms. The quantitative estimate of drug-likeness (QED) is 0.432. The molecule has 0 saturated carbocycles. The van der Waals surface area contributed by atoms with Crippen molar-refractivity contribution in [3.05, 3.63) is 83.9 Å². The number of hydrogen-bond donors (Lipinski definition) is 2. The van der Waals surface area contributed by atoms with Gasteiger partial charge in [0.15, 0.2) is 6.23 Å². The Bertz CT molecular complexity index is 1120. The van der Waals surface area contributed by atoms with Crippen LogP contribution in [-0.4, -0.2) is 19.5 Å². The summed E-state index contributed by atoms with van der Waals surface area (Å²) in [6.07, 6.45) is 9.90.